The molecule has 1 aromatic carbocycles. The minimum atomic E-state index is -4.40. The predicted octanol–water partition coefficient (Wildman–Crippen LogP) is 3.07. The van der Waals surface area contributed by atoms with E-state index in [0.717, 1.165) is 0 Å². The molecule has 1 aliphatic rings. The standard InChI is InChI=1S/C12H11F3O3/c1-11(6-12(13,14)15)5-9(17)8-4-7(16)2-3-10(8)18-11/h2-4,16H,5-6H2,1H3. The van der Waals surface area contributed by atoms with Crippen molar-refractivity contribution in [2.45, 2.75) is 31.5 Å². The summed E-state index contributed by atoms with van der Waals surface area (Å²) in [4.78, 5) is 11.8. The van der Waals surface area contributed by atoms with Gasteiger partial charge in [-0.25, -0.2) is 0 Å². The first kappa shape index (κ1) is 12.7. The number of fused-ring (bicyclic) bond motifs is 1. The number of alkyl halides is 3. The third-order valence-electron chi connectivity index (χ3n) is 2.73. The van der Waals surface area contributed by atoms with E-state index in [9.17, 15) is 23.1 Å². The molecule has 0 saturated heterocycles. The number of carbonyl (C=O) groups excluding carboxylic acids is 1. The molecular weight excluding hydrogens is 249 g/mol. The Bertz CT molecular complexity index is 496. The number of carbonyl (C=O) groups is 1. The fourth-order valence-electron chi connectivity index (χ4n) is 2.08. The highest BCUT2D eigenvalue weighted by atomic mass is 19.4. The molecule has 0 radical (unpaired) electrons. The van der Waals surface area contributed by atoms with Gasteiger partial charge in [-0.05, 0) is 25.1 Å². The van der Waals surface area contributed by atoms with Crippen molar-refractivity contribution < 1.29 is 27.8 Å². The van der Waals surface area contributed by atoms with Gasteiger partial charge in [0.25, 0.3) is 0 Å². The molecule has 2 rings (SSSR count). The fourth-order valence-corrected chi connectivity index (χ4v) is 2.08. The summed E-state index contributed by atoms with van der Waals surface area (Å²) in [5.41, 5.74) is -1.46. The molecule has 1 aromatic rings. The third-order valence-corrected chi connectivity index (χ3v) is 2.73. The second-order valence-corrected chi connectivity index (χ2v) is 4.62. The SMILES string of the molecule is CC1(CC(F)(F)F)CC(=O)c2cc(O)ccc2O1. The van der Waals surface area contributed by atoms with Gasteiger partial charge < -0.3 is 9.84 Å². The van der Waals surface area contributed by atoms with E-state index >= 15 is 0 Å². The Labute approximate surface area is 101 Å². The van der Waals surface area contributed by atoms with Crippen molar-refractivity contribution in [1.29, 1.82) is 0 Å². The van der Waals surface area contributed by atoms with Gasteiger partial charge in [0.05, 0.1) is 18.4 Å². The summed E-state index contributed by atoms with van der Waals surface area (Å²) in [7, 11) is 0. The lowest BCUT2D eigenvalue weighted by Crippen LogP contribution is -2.42. The second-order valence-electron chi connectivity index (χ2n) is 4.62. The maximum absolute atomic E-state index is 12.4. The van der Waals surface area contributed by atoms with Gasteiger partial charge in [-0.3, -0.25) is 4.79 Å². The van der Waals surface area contributed by atoms with Crippen LogP contribution in [0.15, 0.2) is 18.2 Å². The number of benzene rings is 1. The van der Waals surface area contributed by atoms with Crippen molar-refractivity contribution in [2.75, 3.05) is 0 Å². The Morgan fingerprint density at radius 3 is 2.72 bits per heavy atom. The monoisotopic (exact) mass is 260 g/mol. The Morgan fingerprint density at radius 1 is 1.44 bits per heavy atom. The number of phenols is 1. The maximum atomic E-state index is 12.4. The number of hydrogen-bond donors (Lipinski definition) is 1. The molecule has 1 atom stereocenters. The summed E-state index contributed by atoms with van der Waals surface area (Å²) in [6.07, 6.45) is -5.95. The minimum absolute atomic E-state index is 0.0794. The zero-order valence-electron chi connectivity index (χ0n) is 9.54. The second kappa shape index (κ2) is 3.90. The molecule has 0 aliphatic carbocycles. The Morgan fingerprint density at radius 2 is 2.11 bits per heavy atom. The van der Waals surface area contributed by atoms with Crippen molar-refractivity contribution >= 4 is 5.78 Å². The average Bonchev–Trinajstić information content (AvgIpc) is 2.16. The van der Waals surface area contributed by atoms with E-state index in [2.05, 4.69) is 0 Å². The molecule has 0 spiro atoms. The largest absolute Gasteiger partial charge is 0.508 e. The highest BCUT2D eigenvalue weighted by Gasteiger charge is 2.45. The molecule has 1 unspecified atom stereocenters. The summed E-state index contributed by atoms with van der Waals surface area (Å²) in [6.45, 7) is 1.26. The number of hydrogen-bond acceptors (Lipinski definition) is 3. The molecular formula is C12H11F3O3. The van der Waals surface area contributed by atoms with Gasteiger partial charge >= 0.3 is 6.18 Å². The maximum Gasteiger partial charge on any atom is 0.392 e. The molecule has 1 N–H and O–H groups in total. The number of aromatic hydroxyl groups is 1. The van der Waals surface area contributed by atoms with Crippen LogP contribution in [0.3, 0.4) is 0 Å². The van der Waals surface area contributed by atoms with Crippen LogP contribution in [-0.2, 0) is 0 Å². The minimum Gasteiger partial charge on any atom is -0.508 e. The molecule has 0 saturated carbocycles. The Kier molecular flexibility index (Phi) is 2.76. The van der Waals surface area contributed by atoms with Crippen molar-refractivity contribution in [3.8, 4) is 11.5 Å². The lowest BCUT2D eigenvalue weighted by molar-refractivity contribution is -0.167. The number of ether oxygens (including phenoxy) is 1. The molecule has 0 bridgehead atoms. The van der Waals surface area contributed by atoms with Gasteiger partial charge in [0.15, 0.2) is 5.78 Å². The normalized spacial score (nSPS) is 23.4. The van der Waals surface area contributed by atoms with Gasteiger partial charge in [-0.1, -0.05) is 0 Å². The van der Waals surface area contributed by atoms with E-state index in [-0.39, 0.29) is 23.5 Å². The molecule has 98 valence electrons. The lowest BCUT2D eigenvalue weighted by Gasteiger charge is -2.35. The quantitative estimate of drug-likeness (QED) is 0.844. The number of Topliss-reactive ketones (excluding diaryl/α,β-unsaturated/α-hetero) is 1. The smallest absolute Gasteiger partial charge is 0.392 e. The summed E-state index contributed by atoms with van der Waals surface area (Å²) in [5.74, 6) is -0.500. The number of ketones is 1. The van der Waals surface area contributed by atoms with Crippen LogP contribution < -0.4 is 4.74 Å². The first-order valence-electron chi connectivity index (χ1n) is 5.31. The van der Waals surface area contributed by atoms with E-state index in [1.165, 1.54) is 25.1 Å². The predicted molar refractivity (Wildman–Crippen MR) is 56.8 cm³/mol. The van der Waals surface area contributed by atoms with Crippen LogP contribution in [0.5, 0.6) is 11.5 Å². The van der Waals surface area contributed by atoms with Gasteiger partial charge in [0.2, 0.25) is 0 Å². The molecule has 1 aliphatic heterocycles. The molecule has 18 heavy (non-hydrogen) atoms. The number of rotatable bonds is 1. The third kappa shape index (κ3) is 2.57. The molecule has 6 heteroatoms. The molecule has 0 fully saturated rings. The van der Waals surface area contributed by atoms with Crippen molar-refractivity contribution in [1.82, 2.24) is 0 Å². The number of phenolic OH excluding ortho intramolecular Hbond substituents is 1. The molecule has 1 heterocycles. The molecule has 0 amide bonds. The van der Waals surface area contributed by atoms with Crippen molar-refractivity contribution in [3.05, 3.63) is 23.8 Å². The van der Waals surface area contributed by atoms with E-state index < -0.39 is 24.0 Å². The Balaban J connectivity index is 2.33. The fraction of sp³-hybridized carbons (Fsp3) is 0.417. The van der Waals surface area contributed by atoms with Gasteiger partial charge in [0.1, 0.15) is 17.1 Å². The van der Waals surface area contributed by atoms with Crippen LogP contribution in [0.4, 0.5) is 13.2 Å². The zero-order valence-corrected chi connectivity index (χ0v) is 9.54. The summed E-state index contributed by atoms with van der Waals surface area (Å²) >= 11 is 0. The van der Waals surface area contributed by atoms with E-state index in [1.54, 1.807) is 0 Å². The van der Waals surface area contributed by atoms with E-state index in [4.69, 9.17) is 4.74 Å². The van der Waals surface area contributed by atoms with E-state index in [0.29, 0.717) is 0 Å². The average molecular weight is 260 g/mol. The van der Waals surface area contributed by atoms with Crippen LogP contribution in [0.1, 0.15) is 30.1 Å². The van der Waals surface area contributed by atoms with Crippen LogP contribution in [0.25, 0.3) is 0 Å². The van der Waals surface area contributed by atoms with Crippen molar-refractivity contribution in [2.24, 2.45) is 0 Å². The van der Waals surface area contributed by atoms with Gasteiger partial charge in [-0.15, -0.1) is 0 Å². The summed E-state index contributed by atoms with van der Waals surface area (Å²) in [5, 5.41) is 9.23. The highest BCUT2D eigenvalue weighted by molar-refractivity contribution is 6.00. The van der Waals surface area contributed by atoms with Crippen LogP contribution in [0.2, 0.25) is 0 Å². The van der Waals surface area contributed by atoms with Gasteiger partial charge in [-0.2, -0.15) is 13.2 Å². The summed E-state index contributed by atoms with van der Waals surface area (Å²) in [6, 6.07) is 3.77. The van der Waals surface area contributed by atoms with Crippen LogP contribution >= 0.6 is 0 Å². The van der Waals surface area contributed by atoms with E-state index in [1.807, 2.05) is 0 Å². The first-order valence-corrected chi connectivity index (χ1v) is 5.31. The number of halogens is 3. The first-order chi connectivity index (χ1) is 8.19. The van der Waals surface area contributed by atoms with Crippen LogP contribution in [-0.4, -0.2) is 22.7 Å². The molecule has 3 nitrogen and oxygen atoms in total. The zero-order chi connectivity index (χ0) is 13.6. The van der Waals surface area contributed by atoms with Crippen LogP contribution in [0, 0.1) is 0 Å². The Hall–Kier alpha value is -1.72. The summed E-state index contributed by atoms with van der Waals surface area (Å²) < 4.78 is 42.5. The van der Waals surface area contributed by atoms with Crippen molar-refractivity contribution in [3.63, 3.8) is 0 Å². The topological polar surface area (TPSA) is 46.5 Å². The molecule has 0 aromatic heterocycles. The van der Waals surface area contributed by atoms with Gasteiger partial charge in [0, 0.05) is 0 Å². The lowest BCUT2D eigenvalue weighted by atomic mass is 9.88. The highest BCUT2D eigenvalue weighted by Crippen LogP contribution is 2.40.